The summed E-state index contributed by atoms with van der Waals surface area (Å²) in [5.41, 5.74) is 3.37. The van der Waals surface area contributed by atoms with Crippen molar-refractivity contribution in [1.29, 1.82) is 0 Å². The molecular weight excluding hydrogens is 234 g/mol. The van der Waals surface area contributed by atoms with E-state index in [0.29, 0.717) is 5.02 Å². The standard InChI is InChI=1S/C13H8ClN3/c14-10-3-4-11-12(6-10)17-13(8-16-11)9-2-1-5-15-7-9/h1-8H. The summed E-state index contributed by atoms with van der Waals surface area (Å²) < 4.78 is 0. The zero-order valence-electron chi connectivity index (χ0n) is 8.84. The van der Waals surface area contributed by atoms with E-state index in [0.717, 1.165) is 22.3 Å². The average molecular weight is 242 g/mol. The Balaban J connectivity index is 2.19. The molecule has 2 aromatic heterocycles. The van der Waals surface area contributed by atoms with Gasteiger partial charge in [-0.25, -0.2) is 4.98 Å². The Morgan fingerprint density at radius 3 is 2.76 bits per heavy atom. The highest BCUT2D eigenvalue weighted by molar-refractivity contribution is 6.31. The summed E-state index contributed by atoms with van der Waals surface area (Å²) in [5.74, 6) is 0. The van der Waals surface area contributed by atoms with Gasteiger partial charge in [0.15, 0.2) is 0 Å². The largest absolute Gasteiger partial charge is 0.264 e. The van der Waals surface area contributed by atoms with Crippen LogP contribution in [-0.2, 0) is 0 Å². The Morgan fingerprint density at radius 2 is 1.94 bits per heavy atom. The number of halogens is 1. The summed E-state index contributed by atoms with van der Waals surface area (Å²) in [6.45, 7) is 0. The van der Waals surface area contributed by atoms with Gasteiger partial charge in [-0.15, -0.1) is 0 Å². The monoisotopic (exact) mass is 241 g/mol. The smallest absolute Gasteiger partial charge is 0.0909 e. The van der Waals surface area contributed by atoms with Gasteiger partial charge in [0.25, 0.3) is 0 Å². The highest BCUT2D eigenvalue weighted by Gasteiger charge is 2.02. The minimum atomic E-state index is 0.662. The Labute approximate surface area is 103 Å². The molecule has 82 valence electrons. The Morgan fingerprint density at radius 1 is 1.00 bits per heavy atom. The van der Waals surface area contributed by atoms with E-state index in [2.05, 4.69) is 15.0 Å². The van der Waals surface area contributed by atoms with E-state index < -0.39 is 0 Å². The second kappa shape index (κ2) is 4.11. The Bertz CT molecular complexity index is 668. The molecule has 1 aromatic carbocycles. The molecule has 0 unspecified atom stereocenters. The second-order valence-corrected chi connectivity index (χ2v) is 4.07. The molecule has 0 aliphatic carbocycles. The lowest BCUT2D eigenvalue weighted by Gasteiger charge is -2.02. The number of pyridine rings is 1. The molecule has 3 aromatic rings. The van der Waals surface area contributed by atoms with Crippen molar-refractivity contribution in [1.82, 2.24) is 15.0 Å². The fraction of sp³-hybridized carbons (Fsp3) is 0. The fourth-order valence-electron chi connectivity index (χ4n) is 1.64. The molecule has 3 rings (SSSR count). The number of rotatable bonds is 1. The molecule has 17 heavy (non-hydrogen) atoms. The first-order valence-electron chi connectivity index (χ1n) is 5.16. The lowest BCUT2D eigenvalue weighted by atomic mass is 10.2. The molecule has 0 aliphatic heterocycles. The van der Waals surface area contributed by atoms with Gasteiger partial charge >= 0.3 is 0 Å². The molecule has 0 bridgehead atoms. The maximum absolute atomic E-state index is 5.94. The number of fused-ring (bicyclic) bond motifs is 1. The molecule has 0 aliphatic rings. The summed E-state index contributed by atoms with van der Waals surface area (Å²) in [5, 5.41) is 0.662. The van der Waals surface area contributed by atoms with Gasteiger partial charge in [-0.3, -0.25) is 9.97 Å². The molecular formula is C13H8ClN3. The van der Waals surface area contributed by atoms with Crippen LogP contribution in [0.3, 0.4) is 0 Å². The van der Waals surface area contributed by atoms with E-state index in [1.807, 2.05) is 30.3 Å². The van der Waals surface area contributed by atoms with Gasteiger partial charge < -0.3 is 0 Å². The van der Waals surface area contributed by atoms with Gasteiger partial charge in [0, 0.05) is 23.0 Å². The minimum absolute atomic E-state index is 0.662. The van der Waals surface area contributed by atoms with E-state index >= 15 is 0 Å². The van der Waals surface area contributed by atoms with Gasteiger partial charge in [-0.05, 0) is 30.3 Å². The first-order valence-corrected chi connectivity index (χ1v) is 5.53. The van der Waals surface area contributed by atoms with Crippen LogP contribution in [0.2, 0.25) is 5.02 Å². The molecule has 0 spiro atoms. The third kappa shape index (κ3) is 1.97. The number of aromatic nitrogens is 3. The molecule has 0 atom stereocenters. The van der Waals surface area contributed by atoms with Gasteiger partial charge in [-0.2, -0.15) is 0 Å². The number of benzene rings is 1. The highest BCUT2D eigenvalue weighted by atomic mass is 35.5. The zero-order chi connectivity index (χ0) is 11.7. The van der Waals surface area contributed by atoms with Crippen LogP contribution in [-0.4, -0.2) is 15.0 Å². The van der Waals surface area contributed by atoms with Gasteiger partial charge in [0.2, 0.25) is 0 Å². The fourth-order valence-corrected chi connectivity index (χ4v) is 1.80. The molecule has 0 radical (unpaired) electrons. The first-order chi connectivity index (χ1) is 8.33. The van der Waals surface area contributed by atoms with Crippen molar-refractivity contribution in [3.05, 3.63) is 53.9 Å². The Kier molecular flexibility index (Phi) is 2.46. The van der Waals surface area contributed by atoms with E-state index in [1.165, 1.54) is 0 Å². The summed E-state index contributed by atoms with van der Waals surface area (Å²) in [4.78, 5) is 12.9. The van der Waals surface area contributed by atoms with Crippen LogP contribution in [0, 0.1) is 0 Å². The third-order valence-electron chi connectivity index (χ3n) is 2.46. The van der Waals surface area contributed by atoms with Gasteiger partial charge in [0.1, 0.15) is 0 Å². The molecule has 2 heterocycles. The van der Waals surface area contributed by atoms with Crippen LogP contribution in [0.1, 0.15) is 0 Å². The van der Waals surface area contributed by atoms with Crippen molar-refractivity contribution in [2.24, 2.45) is 0 Å². The molecule has 0 N–H and O–H groups in total. The number of hydrogen-bond donors (Lipinski definition) is 0. The zero-order valence-corrected chi connectivity index (χ0v) is 9.59. The van der Waals surface area contributed by atoms with E-state index in [9.17, 15) is 0 Å². The van der Waals surface area contributed by atoms with E-state index in [1.54, 1.807) is 18.6 Å². The molecule has 0 fully saturated rings. The van der Waals surface area contributed by atoms with Crippen molar-refractivity contribution >= 4 is 22.6 Å². The third-order valence-corrected chi connectivity index (χ3v) is 2.70. The van der Waals surface area contributed by atoms with Crippen molar-refractivity contribution in [3.63, 3.8) is 0 Å². The van der Waals surface area contributed by atoms with Crippen molar-refractivity contribution in [2.45, 2.75) is 0 Å². The van der Waals surface area contributed by atoms with Crippen LogP contribution in [0.4, 0.5) is 0 Å². The lowest BCUT2D eigenvalue weighted by molar-refractivity contribution is 1.26. The van der Waals surface area contributed by atoms with E-state index in [-0.39, 0.29) is 0 Å². The summed E-state index contributed by atoms with van der Waals surface area (Å²) >= 11 is 5.94. The van der Waals surface area contributed by atoms with E-state index in [4.69, 9.17) is 11.6 Å². The summed E-state index contributed by atoms with van der Waals surface area (Å²) in [7, 11) is 0. The topological polar surface area (TPSA) is 38.7 Å². The SMILES string of the molecule is Clc1ccc2ncc(-c3cccnc3)nc2c1. The predicted molar refractivity (Wildman–Crippen MR) is 67.8 cm³/mol. The van der Waals surface area contributed by atoms with Crippen LogP contribution in [0.15, 0.2) is 48.9 Å². The first kappa shape index (κ1) is 10.2. The van der Waals surface area contributed by atoms with Gasteiger partial charge in [-0.1, -0.05) is 11.6 Å². The predicted octanol–water partition coefficient (Wildman–Crippen LogP) is 3.35. The maximum Gasteiger partial charge on any atom is 0.0909 e. The normalized spacial score (nSPS) is 10.6. The van der Waals surface area contributed by atoms with Crippen molar-refractivity contribution < 1.29 is 0 Å². The van der Waals surface area contributed by atoms with Crippen LogP contribution >= 0.6 is 11.6 Å². The average Bonchev–Trinajstić information content (AvgIpc) is 2.39. The van der Waals surface area contributed by atoms with Crippen LogP contribution in [0.25, 0.3) is 22.3 Å². The minimum Gasteiger partial charge on any atom is -0.264 e. The summed E-state index contributed by atoms with van der Waals surface area (Å²) in [6.07, 6.45) is 5.24. The molecule has 0 saturated carbocycles. The number of hydrogen-bond acceptors (Lipinski definition) is 3. The van der Waals surface area contributed by atoms with Crippen molar-refractivity contribution in [2.75, 3.05) is 0 Å². The summed E-state index contributed by atoms with van der Waals surface area (Å²) in [6, 6.07) is 9.30. The molecule has 0 amide bonds. The molecule has 3 nitrogen and oxygen atoms in total. The lowest BCUT2D eigenvalue weighted by Crippen LogP contribution is -1.88. The number of nitrogens with zero attached hydrogens (tertiary/aromatic N) is 3. The van der Waals surface area contributed by atoms with Crippen LogP contribution in [0.5, 0.6) is 0 Å². The Hall–Kier alpha value is -2.00. The van der Waals surface area contributed by atoms with Gasteiger partial charge in [0.05, 0.1) is 22.9 Å². The van der Waals surface area contributed by atoms with Crippen LogP contribution < -0.4 is 0 Å². The molecule has 0 saturated heterocycles. The van der Waals surface area contributed by atoms with Crippen molar-refractivity contribution in [3.8, 4) is 11.3 Å². The maximum atomic E-state index is 5.94. The molecule has 4 heteroatoms. The highest BCUT2D eigenvalue weighted by Crippen LogP contribution is 2.20. The quantitative estimate of drug-likeness (QED) is 0.656. The second-order valence-electron chi connectivity index (χ2n) is 3.63.